The monoisotopic (exact) mass is 422 g/mol. The summed E-state index contributed by atoms with van der Waals surface area (Å²) in [4.78, 5) is 25.3. The molecule has 1 aromatic carbocycles. The van der Waals surface area contributed by atoms with Crippen molar-refractivity contribution in [2.24, 2.45) is 0 Å². The fraction of sp³-hybridized carbons (Fsp3) is 0.333. The van der Waals surface area contributed by atoms with Crippen LogP contribution in [0.15, 0.2) is 22.7 Å². The fourth-order valence-electron chi connectivity index (χ4n) is 1.86. The first-order valence-electron chi connectivity index (χ1n) is 5.58. The van der Waals surface area contributed by atoms with Crippen LogP contribution in [-0.4, -0.2) is 24.4 Å². The summed E-state index contributed by atoms with van der Waals surface area (Å²) >= 11 is 5.64. The highest BCUT2D eigenvalue weighted by Crippen LogP contribution is 2.26. The van der Waals surface area contributed by atoms with E-state index in [4.69, 9.17) is 0 Å². The van der Waals surface area contributed by atoms with Crippen LogP contribution >= 0.6 is 38.5 Å². The number of carbonyl (C=O) groups excluding carboxylic acids is 2. The van der Waals surface area contributed by atoms with Gasteiger partial charge in [0, 0.05) is 13.7 Å². The molecule has 1 atom stereocenters. The summed E-state index contributed by atoms with van der Waals surface area (Å²) in [5, 5.41) is 2.70. The highest BCUT2D eigenvalue weighted by atomic mass is 127. The SMILES string of the molecule is CCC1NC(=O)CN(c2ccc(I)c(Br)c2)C1=O. The lowest BCUT2D eigenvalue weighted by molar-refractivity contribution is -0.131. The highest BCUT2D eigenvalue weighted by Gasteiger charge is 2.32. The van der Waals surface area contributed by atoms with Gasteiger partial charge in [-0.3, -0.25) is 9.59 Å². The van der Waals surface area contributed by atoms with Gasteiger partial charge in [0.2, 0.25) is 11.8 Å². The Hall–Kier alpha value is -0.630. The number of hydrogen-bond acceptors (Lipinski definition) is 2. The molecule has 1 fully saturated rings. The molecule has 1 unspecified atom stereocenters. The molecule has 2 amide bonds. The summed E-state index contributed by atoms with van der Waals surface area (Å²) in [6.07, 6.45) is 0.604. The predicted molar refractivity (Wildman–Crippen MR) is 81.4 cm³/mol. The van der Waals surface area contributed by atoms with Crippen molar-refractivity contribution in [2.75, 3.05) is 11.4 Å². The van der Waals surface area contributed by atoms with Crippen molar-refractivity contribution >= 4 is 56.0 Å². The van der Waals surface area contributed by atoms with Gasteiger partial charge >= 0.3 is 0 Å². The average Bonchev–Trinajstić information content (AvgIpc) is 2.35. The van der Waals surface area contributed by atoms with Crippen molar-refractivity contribution in [1.29, 1.82) is 0 Å². The fourth-order valence-corrected chi connectivity index (χ4v) is 2.56. The maximum absolute atomic E-state index is 12.2. The number of piperazine rings is 1. The second-order valence-corrected chi connectivity index (χ2v) is 6.07. The Morgan fingerprint density at radius 3 is 2.83 bits per heavy atom. The van der Waals surface area contributed by atoms with Crippen molar-refractivity contribution in [3.8, 4) is 0 Å². The van der Waals surface area contributed by atoms with Gasteiger partial charge in [0.05, 0.1) is 0 Å². The molecule has 0 radical (unpaired) electrons. The highest BCUT2D eigenvalue weighted by molar-refractivity contribution is 14.1. The number of carbonyl (C=O) groups is 2. The molecular weight excluding hydrogens is 411 g/mol. The molecule has 1 N–H and O–H groups in total. The first-order valence-corrected chi connectivity index (χ1v) is 7.46. The Kier molecular flexibility index (Phi) is 4.26. The lowest BCUT2D eigenvalue weighted by atomic mass is 10.1. The standard InChI is InChI=1S/C12H12BrIN2O2/c1-2-10-12(18)16(6-11(17)15-10)7-3-4-9(14)8(13)5-7/h3-5,10H,2,6H2,1H3,(H,15,17). The van der Waals surface area contributed by atoms with E-state index < -0.39 is 6.04 Å². The molecule has 18 heavy (non-hydrogen) atoms. The number of benzene rings is 1. The van der Waals surface area contributed by atoms with Crippen LogP contribution in [-0.2, 0) is 9.59 Å². The third-order valence-electron chi connectivity index (χ3n) is 2.82. The summed E-state index contributed by atoms with van der Waals surface area (Å²) < 4.78 is 1.99. The van der Waals surface area contributed by atoms with E-state index >= 15 is 0 Å². The molecule has 96 valence electrons. The lowest BCUT2D eigenvalue weighted by Gasteiger charge is -2.32. The van der Waals surface area contributed by atoms with Crippen molar-refractivity contribution in [3.63, 3.8) is 0 Å². The number of amides is 2. The van der Waals surface area contributed by atoms with Crippen LogP contribution in [0.5, 0.6) is 0 Å². The number of anilines is 1. The second kappa shape index (κ2) is 5.56. The molecule has 1 heterocycles. The van der Waals surface area contributed by atoms with E-state index in [1.165, 1.54) is 4.90 Å². The maximum atomic E-state index is 12.2. The molecule has 2 rings (SSSR count). The van der Waals surface area contributed by atoms with Crippen LogP contribution < -0.4 is 10.2 Å². The Bertz CT molecular complexity index is 507. The molecule has 0 aromatic heterocycles. The Labute approximate surface area is 127 Å². The average molecular weight is 423 g/mol. The third kappa shape index (κ3) is 2.69. The molecule has 4 nitrogen and oxygen atoms in total. The van der Waals surface area contributed by atoms with E-state index in [1.54, 1.807) is 0 Å². The van der Waals surface area contributed by atoms with Crippen LogP contribution in [0.2, 0.25) is 0 Å². The van der Waals surface area contributed by atoms with Gasteiger partial charge in [0.1, 0.15) is 12.6 Å². The number of nitrogens with zero attached hydrogens (tertiary/aromatic N) is 1. The van der Waals surface area contributed by atoms with Gasteiger partial charge in [0.25, 0.3) is 0 Å². The van der Waals surface area contributed by atoms with Gasteiger partial charge in [0.15, 0.2) is 0 Å². The molecule has 6 heteroatoms. The van der Waals surface area contributed by atoms with Gasteiger partial charge in [-0.15, -0.1) is 0 Å². The van der Waals surface area contributed by atoms with E-state index in [1.807, 2.05) is 25.1 Å². The molecule has 1 saturated heterocycles. The first kappa shape index (κ1) is 13.8. The normalized spacial score (nSPS) is 19.9. The lowest BCUT2D eigenvalue weighted by Crippen LogP contribution is -2.58. The molecule has 0 bridgehead atoms. The smallest absolute Gasteiger partial charge is 0.250 e. The molecule has 1 aromatic rings. The van der Waals surface area contributed by atoms with Crippen LogP contribution in [0.3, 0.4) is 0 Å². The van der Waals surface area contributed by atoms with Gasteiger partial charge in [-0.25, -0.2) is 0 Å². The zero-order chi connectivity index (χ0) is 13.3. The van der Waals surface area contributed by atoms with E-state index in [0.717, 1.165) is 13.7 Å². The van der Waals surface area contributed by atoms with Crippen molar-refractivity contribution in [2.45, 2.75) is 19.4 Å². The number of rotatable bonds is 2. The maximum Gasteiger partial charge on any atom is 0.250 e. The van der Waals surface area contributed by atoms with Crippen LogP contribution in [0.25, 0.3) is 0 Å². The summed E-state index contributed by atoms with van der Waals surface area (Å²) in [7, 11) is 0. The molecule has 0 aliphatic carbocycles. The Morgan fingerprint density at radius 2 is 2.22 bits per heavy atom. The quantitative estimate of drug-likeness (QED) is 0.743. The van der Waals surface area contributed by atoms with E-state index in [-0.39, 0.29) is 18.4 Å². The summed E-state index contributed by atoms with van der Waals surface area (Å²) in [6.45, 7) is 1.97. The zero-order valence-corrected chi connectivity index (χ0v) is 13.5. The molecule has 1 aliphatic heterocycles. The summed E-state index contributed by atoms with van der Waals surface area (Å²) in [6, 6.07) is 5.23. The topological polar surface area (TPSA) is 49.4 Å². The molecule has 1 aliphatic rings. The second-order valence-electron chi connectivity index (χ2n) is 4.05. The van der Waals surface area contributed by atoms with Crippen LogP contribution in [0.4, 0.5) is 5.69 Å². The van der Waals surface area contributed by atoms with Gasteiger partial charge in [-0.2, -0.15) is 0 Å². The van der Waals surface area contributed by atoms with Crippen LogP contribution in [0, 0.1) is 3.57 Å². The van der Waals surface area contributed by atoms with Gasteiger partial charge in [-0.05, 0) is 63.1 Å². The Morgan fingerprint density at radius 1 is 1.50 bits per heavy atom. The van der Waals surface area contributed by atoms with E-state index in [2.05, 4.69) is 43.8 Å². The van der Waals surface area contributed by atoms with Gasteiger partial charge < -0.3 is 10.2 Å². The minimum atomic E-state index is -0.413. The number of nitrogens with one attached hydrogen (secondary N) is 1. The largest absolute Gasteiger partial charge is 0.343 e. The van der Waals surface area contributed by atoms with Crippen LogP contribution in [0.1, 0.15) is 13.3 Å². The molecular formula is C12H12BrIN2O2. The first-order chi connectivity index (χ1) is 8.52. The third-order valence-corrected chi connectivity index (χ3v) is 5.16. The Balaban J connectivity index is 2.33. The molecule has 0 spiro atoms. The number of hydrogen-bond donors (Lipinski definition) is 1. The van der Waals surface area contributed by atoms with Crippen molar-refractivity contribution in [3.05, 3.63) is 26.2 Å². The summed E-state index contributed by atoms with van der Waals surface area (Å²) in [5.41, 5.74) is 0.751. The molecule has 0 saturated carbocycles. The number of halogens is 2. The van der Waals surface area contributed by atoms with Crippen molar-refractivity contribution < 1.29 is 9.59 Å². The zero-order valence-electron chi connectivity index (χ0n) is 9.74. The van der Waals surface area contributed by atoms with E-state index in [9.17, 15) is 9.59 Å². The summed E-state index contributed by atoms with van der Waals surface area (Å²) in [5.74, 6) is -0.165. The minimum Gasteiger partial charge on any atom is -0.343 e. The minimum absolute atomic E-state index is 0.0507. The van der Waals surface area contributed by atoms with E-state index in [0.29, 0.717) is 6.42 Å². The van der Waals surface area contributed by atoms with Gasteiger partial charge in [-0.1, -0.05) is 6.92 Å². The van der Waals surface area contributed by atoms with Crippen molar-refractivity contribution in [1.82, 2.24) is 5.32 Å². The predicted octanol–water partition coefficient (Wildman–Crippen LogP) is 2.30.